The van der Waals surface area contributed by atoms with Crippen LogP contribution in [0.4, 0.5) is 0 Å². The minimum Gasteiger partial charge on any atom is -0.337 e. The summed E-state index contributed by atoms with van der Waals surface area (Å²) >= 11 is 3.29. The number of imidazole rings is 1. The van der Waals surface area contributed by atoms with E-state index in [1.54, 1.807) is 24.7 Å². The zero-order valence-corrected chi connectivity index (χ0v) is 13.5. The van der Waals surface area contributed by atoms with Crippen molar-refractivity contribution in [1.29, 1.82) is 0 Å². The number of unbranched alkanes of at least 4 members (excludes halogenated alkanes) is 1. The third-order valence-electron chi connectivity index (χ3n) is 2.79. The fourth-order valence-corrected chi connectivity index (χ4v) is 3.73. The standard InChI is InChI=1S/C11H20BrN3O2S/c1-4-5-7-15(8-6-12)18(16,17)11-9-14(3)10(2)13-11/h9H,4-8H2,1-3H3. The highest BCUT2D eigenvalue weighted by Crippen LogP contribution is 2.15. The molecule has 0 saturated heterocycles. The minimum absolute atomic E-state index is 0.138. The summed E-state index contributed by atoms with van der Waals surface area (Å²) in [6.45, 7) is 4.85. The molecule has 0 saturated carbocycles. The number of nitrogens with zero attached hydrogens (tertiary/aromatic N) is 3. The maximum atomic E-state index is 12.4. The Kier molecular flexibility index (Phi) is 5.81. The molecule has 0 atom stereocenters. The molecule has 5 nitrogen and oxygen atoms in total. The molecule has 0 aromatic carbocycles. The van der Waals surface area contributed by atoms with Crippen LogP contribution in [-0.4, -0.2) is 40.7 Å². The zero-order chi connectivity index (χ0) is 13.8. The predicted octanol–water partition coefficient (Wildman–Crippen LogP) is 1.91. The molecule has 0 bridgehead atoms. The molecule has 18 heavy (non-hydrogen) atoms. The fraction of sp³-hybridized carbons (Fsp3) is 0.727. The first-order chi connectivity index (χ1) is 8.43. The third-order valence-corrected chi connectivity index (χ3v) is 4.91. The van der Waals surface area contributed by atoms with Crippen molar-refractivity contribution in [2.45, 2.75) is 31.7 Å². The van der Waals surface area contributed by atoms with Gasteiger partial charge in [0.1, 0.15) is 5.82 Å². The summed E-state index contributed by atoms with van der Waals surface area (Å²) in [5.74, 6) is 0.697. The summed E-state index contributed by atoms with van der Waals surface area (Å²) in [7, 11) is -1.67. The van der Waals surface area contributed by atoms with Gasteiger partial charge >= 0.3 is 0 Å². The van der Waals surface area contributed by atoms with Crippen LogP contribution in [0.2, 0.25) is 0 Å². The Bertz CT molecular complexity index is 465. The lowest BCUT2D eigenvalue weighted by atomic mass is 10.3. The lowest BCUT2D eigenvalue weighted by Crippen LogP contribution is -2.33. The first-order valence-corrected chi connectivity index (χ1v) is 8.55. The molecule has 0 fully saturated rings. The molecular formula is C11H20BrN3O2S. The van der Waals surface area contributed by atoms with Gasteiger partial charge in [0.2, 0.25) is 0 Å². The van der Waals surface area contributed by atoms with Crippen LogP contribution in [0.15, 0.2) is 11.2 Å². The summed E-state index contributed by atoms with van der Waals surface area (Å²) in [5, 5.41) is 0.765. The highest BCUT2D eigenvalue weighted by Gasteiger charge is 2.26. The van der Waals surface area contributed by atoms with Gasteiger partial charge in [-0.1, -0.05) is 29.3 Å². The van der Waals surface area contributed by atoms with Crippen LogP contribution in [0, 0.1) is 6.92 Å². The average Bonchev–Trinajstić information content (AvgIpc) is 2.65. The summed E-state index contributed by atoms with van der Waals surface area (Å²) in [6.07, 6.45) is 3.39. The molecule has 0 aliphatic carbocycles. The number of halogens is 1. The number of hydrogen-bond donors (Lipinski definition) is 0. The highest BCUT2D eigenvalue weighted by atomic mass is 79.9. The molecule has 0 radical (unpaired) electrons. The van der Waals surface area contributed by atoms with Crippen molar-refractivity contribution in [1.82, 2.24) is 13.9 Å². The van der Waals surface area contributed by atoms with Gasteiger partial charge in [-0.25, -0.2) is 13.4 Å². The van der Waals surface area contributed by atoms with Crippen molar-refractivity contribution >= 4 is 26.0 Å². The second-order valence-corrected chi connectivity index (χ2v) is 6.86. The number of alkyl halides is 1. The second-order valence-electron chi connectivity index (χ2n) is 4.18. The fourth-order valence-electron chi connectivity index (χ4n) is 1.56. The van der Waals surface area contributed by atoms with Crippen LogP contribution < -0.4 is 0 Å². The number of aryl methyl sites for hydroxylation is 2. The van der Waals surface area contributed by atoms with Crippen LogP contribution in [0.3, 0.4) is 0 Å². The molecular weight excluding hydrogens is 318 g/mol. The highest BCUT2D eigenvalue weighted by molar-refractivity contribution is 9.09. The van der Waals surface area contributed by atoms with Gasteiger partial charge in [-0.3, -0.25) is 0 Å². The van der Waals surface area contributed by atoms with Gasteiger partial charge in [0, 0.05) is 31.7 Å². The summed E-state index contributed by atoms with van der Waals surface area (Å²) in [5.41, 5.74) is 0. The van der Waals surface area contributed by atoms with E-state index in [2.05, 4.69) is 20.9 Å². The normalized spacial score (nSPS) is 12.3. The molecule has 1 heterocycles. The van der Waals surface area contributed by atoms with Crippen LogP contribution in [0.25, 0.3) is 0 Å². The van der Waals surface area contributed by atoms with E-state index >= 15 is 0 Å². The topological polar surface area (TPSA) is 55.2 Å². The lowest BCUT2D eigenvalue weighted by molar-refractivity contribution is 0.420. The quantitative estimate of drug-likeness (QED) is 0.714. The average molecular weight is 338 g/mol. The van der Waals surface area contributed by atoms with Crippen molar-refractivity contribution in [2.24, 2.45) is 7.05 Å². The van der Waals surface area contributed by atoms with E-state index in [-0.39, 0.29) is 5.03 Å². The molecule has 0 N–H and O–H groups in total. The first kappa shape index (κ1) is 15.7. The number of hydrogen-bond acceptors (Lipinski definition) is 3. The molecule has 104 valence electrons. The SMILES string of the molecule is CCCCN(CCBr)S(=O)(=O)c1cn(C)c(C)n1. The van der Waals surface area contributed by atoms with Crippen LogP contribution in [-0.2, 0) is 17.1 Å². The molecule has 0 aliphatic heterocycles. The van der Waals surface area contributed by atoms with E-state index in [1.807, 2.05) is 6.92 Å². The molecule has 0 unspecified atom stereocenters. The van der Waals surface area contributed by atoms with Crippen molar-refractivity contribution < 1.29 is 8.42 Å². The molecule has 0 spiro atoms. The predicted molar refractivity (Wildman–Crippen MR) is 75.4 cm³/mol. The largest absolute Gasteiger partial charge is 0.337 e. The van der Waals surface area contributed by atoms with Crippen molar-refractivity contribution in [3.8, 4) is 0 Å². The van der Waals surface area contributed by atoms with Gasteiger partial charge in [0.05, 0.1) is 0 Å². The maximum Gasteiger partial charge on any atom is 0.262 e. The van der Waals surface area contributed by atoms with E-state index < -0.39 is 10.0 Å². The molecule has 1 rings (SSSR count). The lowest BCUT2D eigenvalue weighted by Gasteiger charge is -2.19. The Labute approximate surface area is 117 Å². The Morgan fingerprint density at radius 1 is 1.44 bits per heavy atom. The van der Waals surface area contributed by atoms with Crippen molar-refractivity contribution in [2.75, 3.05) is 18.4 Å². The molecule has 0 aliphatic rings. The second kappa shape index (κ2) is 6.68. The number of rotatable bonds is 7. The van der Waals surface area contributed by atoms with Crippen molar-refractivity contribution in [3.63, 3.8) is 0 Å². The van der Waals surface area contributed by atoms with E-state index in [0.717, 1.165) is 12.8 Å². The van der Waals surface area contributed by atoms with E-state index in [0.29, 0.717) is 24.2 Å². The Morgan fingerprint density at radius 3 is 2.56 bits per heavy atom. The Morgan fingerprint density at radius 2 is 2.11 bits per heavy atom. The van der Waals surface area contributed by atoms with Crippen LogP contribution in [0.1, 0.15) is 25.6 Å². The summed E-state index contributed by atoms with van der Waals surface area (Å²) in [6, 6.07) is 0. The zero-order valence-electron chi connectivity index (χ0n) is 11.1. The number of sulfonamides is 1. The molecule has 0 amide bonds. The van der Waals surface area contributed by atoms with Gasteiger partial charge in [-0.15, -0.1) is 0 Å². The van der Waals surface area contributed by atoms with Gasteiger partial charge in [-0.2, -0.15) is 4.31 Å². The monoisotopic (exact) mass is 337 g/mol. The van der Waals surface area contributed by atoms with Gasteiger partial charge in [0.25, 0.3) is 10.0 Å². The van der Waals surface area contributed by atoms with Gasteiger partial charge in [-0.05, 0) is 13.3 Å². The molecule has 1 aromatic rings. The van der Waals surface area contributed by atoms with E-state index in [1.165, 1.54) is 4.31 Å². The Balaban J connectivity index is 3.00. The summed E-state index contributed by atoms with van der Waals surface area (Å²) < 4.78 is 28.1. The molecule has 7 heteroatoms. The van der Waals surface area contributed by atoms with E-state index in [9.17, 15) is 8.42 Å². The Hall–Kier alpha value is -0.400. The molecule has 1 aromatic heterocycles. The smallest absolute Gasteiger partial charge is 0.262 e. The maximum absolute atomic E-state index is 12.4. The van der Waals surface area contributed by atoms with Gasteiger partial charge in [0.15, 0.2) is 5.03 Å². The van der Waals surface area contributed by atoms with Crippen LogP contribution in [0.5, 0.6) is 0 Å². The van der Waals surface area contributed by atoms with Crippen LogP contribution >= 0.6 is 15.9 Å². The first-order valence-electron chi connectivity index (χ1n) is 5.99. The van der Waals surface area contributed by atoms with Gasteiger partial charge < -0.3 is 4.57 Å². The van der Waals surface area contributed by atoms with Crippen molar-refractivity contribution in [3.05, 3.63) is 12.0 Å². The third kappa shape index (κ3) is 3.55. The number of aromatic nitrogens is 2. The van der Waals surface area contributed by atoms with E-state index in [4.69, 9.17) is 0 Å². The minimum atomic E-state index is -3.47. The summed E-state index contributed by atoms with van der Waals surface area (Å²) in [4.78, 5) is 4.11.